The van der Waals surface area contributed by atoms with Gasteiger partial charge in [0, 0.05) is 11.8 Å². The van der Waals surface area contributed by atoms with Crippen LogP contribution < -0.4 is 0 Å². The molecule has 0 radical (unpaired) electrons. The van der Waals surface area contributed by atoms with Crippen LogP contribution in [0.5, 0.6) is 0 Å². The number of carboxylic acid groups (broad SMARTS) is 1. The predicted molar refractivity (Wildman–Crippen MR) is 69.1 cm³/mol. The van der Waals surface area contributed by atoms with E-state index in [1.165, 1.54) is 0 Å². The summed E-state index contributed by atoms with van der Waals surface area (Å²) in [7, 11) is 0. The Hall–Kier alpha value is -2.10. The fraction of sp³-hybridized carbons (Fsp3) is 0.286. The van der Waals surface area contributed by atoms with E-state index in [1.54, 1.807) is 6.20 Å². The molecule has 1 heterocycles. The van der Waals surface area contributed by atoms with Crippen LogP contribution in [-0.4, -0.2) is 21.3 Å². The Balaban J connectivity index is 2.31. The molecule has 1 aromatic carbocycles. The van der Waals surface area contributed by atoms with Crippen LogP contribution in [0, 0.1) is 5.92 Å². The van der Waals surface area contributed by atoms with E-state index in [0.29, 0.717) is 12.8 Å². The Morgan fingerprint density at radius 1 is 1.44 bits per heavy atom. The van der Waals surface area contributed by atoms with Crippen LogP contribution in [0.1, 0.15) is 18.9 Å². The molecule has 0 saturated heterocycles. The number of aliphatic carboxylic acids is 1. The second-order valence-electron chi connectivity index (χ2n) is 4.29. The number of hydrogen-bond acceptors (Lipinski definition) is 2. The van der Waals surface area contributed by atoms with Gasteiger partial charge in [-0.1, -0.05) is 31.2 Å². The van der Waals surface area contributed by atoms with Gasteiger partial charge in [-0.3, -0.25) is 9.89 Å². The van der Waals surface area contributed by atoms with Gasteiger partial charge in [0.15, 0.2) is 0 Å². The first-order valence-corrected chi connectivity index (χ1v) is 6.02. The zero-order valence-electron chi connectivity index (χ0n) is 10.3. The molecule has 1 aromatic heterocycles. The molecule has 4 nitrogen and oxygen atoms in total. The maximum atomic E-state index is 11.1. The number of H-pyrrole nitrogens is 1. The number of aromatic nitrogens is 2. The molecule has 2 rings (SSSR count). The lowest BCUT2D eigenvalue weighted by molar-refractivity contribution is -0.141. The highest BCUT2D eigenvalue weighted by Gasteiger charge is 2.17. The molecular formula is C14H16N2O2. The first-order chi connectivity index (χ1) is 8.72. The highest BCUT2D eigenvalue weighted by Crippen LogP contribution is 2.25. The fourth-order valence-corrected chi connectivity index (χ4v) is 2.05. The van der Waals surface area contributed by atoms with E-state index in [-0.39, 0.29) is 5.92 Å². The summed E-state index contributed by atoms with van der Waals surface area (Å²) in [6, 6.07) is 7.86. The summed E-state index contributed by atoms with van der Waals surface area (Å²) in [4.78, 5) is 11.1. The average Bonchev–Trinajstić information content (AvgIpc) is 2.89. The zero-order chi connectivity index (χ0) is 13.0. The van der Waals surface area contributed by atoms with Crippen molar-refractivity contribution in [2.75, 3.05) is 0 Å². The van der Waals surface area contributed by atoms with Gasteiger partial charge < -0.3 is 5.11 Å². The molecule has 4 heteroatoms. The number of rotatable bonds is 5. The first kappa shape index (κ1) is 12.4. The monoisotopic (exact) mass is 244 g/mol. The van der Waals surface area contributed by atoms with Crippen molar-refractivity contribution in [3.63, 3.8) is 0 Å². The molecule has 0 saturated carbocycles. The van der Waals surface area contributed by atoms with Crippen molar-refractivity contribution in [2.45, 2.75) is 19.8 Å². The van der Waals surface area contributed by atoms with Gasteiger partial charge in [-0.2, -0.15) is 5.10 Å². The van der Waals surface area contributed by atoms with Crippen LogP contribution in [0.3, 0.4) is 0 Å². The third-order valence-electron chi connectivity index (χ3n) is 3.13. The summed E-state index contributed by atoms with van der Waals surface area (Å²) in [6.45, 7) is 1.90. The van der Waals surface area contributed by atoms with Gasteiger partial charge in [0.25, 0.3) is 0 Å². The topological polar surface area (TPSA) is 66.0 Å². The normalized spacial score (nSPS) is 12.3. The largest absolute Gasteiger partial charge is 0.481 e. The van der Waals surface area contributed by atoms with Crippen LogP contribution >= 0.6 is 0 Å². The summed E-state index contributed by atoms with van der Waals surface area (Å²) in [5.74, 6) is -1.07. The van der Waals surface area contributed by atoms with Crippen LogP contribution in [0.15, 0.2) is 36.7 Å². The predicted octanol–water partition coefficient (Wildman–Crippen LogP) is 2.73. The highest BCUT2D eigenvalue weighted by atomic mass is 16.4. The lowest BCUT2D eigenvalue weighted by Crippen LogP contribution is -2.15. The first-order valence-electron chi connectivity index (χ1n) is 6.02. The van der Waals surface area contributed by atoms with Crippen LogP contribution in [-0.2, 0) is 11.2 Å². The van der Waals surface area contributed by atoms with E-state index in [2.05, 4.69) is 10.2 Å². The Morgan fingerprint density at radius 3 is 2.83 bits per heavy atom. The minimum atomic E-state index is -0.737. The number of aromatic amines is 1. The molecule has 0 aliphatic rings. The van der Waals surface area contributed by atoms with Gasteiger partial charge in [0.05, 0.1) is 12.1 Å². The van der Waals surface area contributed by atoms with E-state index >= 15 is 0 Å². The number of benzene rings is 1. The second-order valence-corrected chi connectivity index (χ2v) is 4.29. The smallest absolute Gasteiger partial charge is 0.306 e. The molecule has 0 bridgehead atoms. The molecule has 94 valence electrons. The molecule has 1 unspecified atom stereocenters. The molecule has 0 spiro atoms. The van der Waals surface area contributed by atoms with Crippen molar-refractivity contribution in [3.05, 3.63) is 42.2 Å². The van der Waals surface area contributed by atoms with Gasteiger partial charge in [0.1, 0.15) is 0 Å². The van der Waals surface area contributed by atoms with E-state index in [0.717, 1.165) is 16.7 Å². The summed E-state index contributed by atoms with van der Waals surface area (Å²) >= 11 is 0. The van der Waals surface area contributed by atoms with Crippen molar-refractivity contribution in [2.24, 2.45) is 5.92 Å². The Morgan fingerprint density at radius 2 is 2.22 bits per heavy atom. The van der Waals surface area contributed by atoms with Crippen LogP contribution in [0.25, 0.3) is 11.1 Å². The van der Waals surface area contributed by atoms with Crippen LogP contribution in [0.2, 0.25) is 0 Å². The molecule has 0 aliphatic heterocycles. The third-order valence-corrected chi connectivity index (χ3v) is 3.13. The molecular weight excluding hydrogens is 228 g/mol. The van der Waals surface area contributed by atoms with Crippen molar-refractivity contribution < 1.29 is 9.90 Å². The minimum absolute atomic E-state index is 0.335. The summed E-state index contributed by atoms with van der Waals surface area (Å²) in [5, 5.41) is 15.8. The lowest BCUT2D eigenvalue weighted by atomic mass is 9.92. The van der Waals surface area contributed by atoms with Gasteiger partial charge in [-0.05, 0) is 24.0 Å². The van der Waals surface area contributed by atoms with E-state index < -0.39 is 5.97 Å². The number of carbonyl (C=O) groups is 1. The van der Waals surface area contributed by atoms with Gasteiger partial charge in [-0.25, -0.2) is 0 Å². The number of carboxylic acids is 1. The molecule has 2 N–H and O–H groups in total. The quantitative estimate of drug-likeness (QED) is 0.849. The lowest BCUT2D eigenvalue weighted by Gasteiger charge is -2.12. The minimum Gasteiger partial charge on any atom is -0.481 e. The Kier molecular flexibility index (Phi) is 3.77. The molecule has 1 atom stereocenters. The zero-order valence-corrected chi connectivity index (χ0v) is 10.3. The fourth-order valence-electron chi connectivity index (χ4n) is 2.05. The number of nitrogens with one attached hydrogen (secondary N) is 1. The molecule has 2 aromatic rings. The SMILES string of the molecule is CCC(Cc1ccccc1-c1cn[nH]c1)C(=O)O. The summed E-state index contributed by atoms with van der Waals surface area (Å²) < 4.78 is 0. The third kappa shape index (κ3) is 2.59. The van der Waals surface area contributed by atoms with Crippen molar-refractivity contribution in [3.8, 4) is 11.1 Å². The maximum absolute atomic E-state index is 11.1. The molecule has 0 fully saturated rings. The Bertz CT molecular complexity index is 520. The highest BCUT2D eigenvalue weighted by molar-refractivity contribution is 5.72. The van der Waals surface area contributed by atoms with Crippen LogP contribution in [0.4, 0.5) is 0 Å². The number of nitrogens with zero attached hydrogens (tertiary/aromatic N) is 1. The average molecular weight is 244 g/mol. The van der Waals surface area contributed by atoms with E-state index in [4.69, 9.17) is 5.11 Å². The van der Waals surface area contributed by atoms with Crippen molar-refractivity contribution in [1.82, 2.24) is 10.2 Å². The van der Waals surface area contributed by atoms with Gasteiger partial charge in [0.2, 0.25) is 0 Å². The molecule has 0 aliphatic carbocycles. The molecule has 0 amide bonds. The maximum Gasteiger partial charge on any atom is 0.306 e. The second kappa shape index (κ2) is 5.49. The van der Waals surface area contributed by atoms with Gasteiger partial charge >= 0.3 is 5.97 Å². The van der Waals surface area contributed by atoms with Gasteiger partial charge in [-0.15, -0.1) is 0 Å². The Labute approximate surface area is 106 Å². The molecule has 18 heavy (non-hydrogen) atoms. The van der Waals surface area contributed by atoms with E-state index in [1.807, 2.05) is 37.4 Å². The summed E-state index contributed by atoms with van der Waals surface area (Å²) in [6.07, 6.45) is 4.75. The number of hydrogen-bond donors (Lipinski definition) is 2. The summed E-state index contributed by atoms with van der Waals surface area (Å²) in [5.41, 5.74) is 3.09. The van der Waals surface area contributed by atoms with E-state index in [9.17, 15) is 4.79 Å². The van der Waals surface area contributed by atoms with Crippen molar-refractivity contribution in [1.29, 1.82) is 0 Å². The van der Waals surface area contributed by atoms with Crippen molar-refractivity contribution >= 4 is 5.97 Å². The standard InChI is InChI=1S/C14H16N2O2/c1-2-10(14(17)18)7-11-5-3-4-6-13(11)12-8-15-16-9-12/h3-6,8-10H,2,7H2,1H3,(H,15,16)(H,17,18).